The number of fused-ring (bicyclic) bond motifs is 2. The lowest BCUT2D eigenvalue weighted by Gasteiger charge is -2.45. The number of rotatable bonds is 6. The minimum atomic E-state index is -3.57. The molecule has 3 fully saturated rings. The number of benzene rings is 1. The molecule has 7 heteroatoms. The maximum absolute atomic E-state index is 12.8. The van der Waals surface area contributed by atoms with Gasteiger partial charge in [-0.25, -0.2) is 13.1 Å². The highest BCUT2D eigenvalue weighted by molar-refractivity contribution is 7.89. The van der Waals surface area contributed by atoms with Crippen LogP contribution < -0.4 is 15.8 Å². The van der Waals surface area contributed by atoms with E-state index in [1.165, 1.54) is 12.5 Å². The third-order valence-corrected chi connectivity index (χ3v) is 7.76. The minimum absolute atomic E-state index is 0.152. The summed E-state index contributed by atoms with van der Waals surface area (Å²) in [6.45, 7) is 0.477. The largest absolute Gasteiger partial charge is 0.349 e. The van der Waals surface area contributed by atoms with E-state index in [1.54, 1.807) is 18.2 Å². The highest BCUT2D eigenvalue weighted by Gasteiger charge is 2.40. The molecule has 0 aromatic heterocycles. The van der Waals surface area contributed by atoms with Crippen molar-refractivity contribution in [2.75, 3.05) is 6.54 Å². The highest BCUT2D eigenvalue weighted by atomic mass is 32.2. The van der Waals surface area contributed by atoms with E-state index in [9.17, 15) is 13.2 Å². The van der Waals surface area contributed by atoms with Gasteiger partial charge in [0.2, 0.25) is 10.0 Å². The molecule has 0 saturated heterocycles. The van der Waals surface area contributed by atoms with Crippen LogP contribution in [-0.2, 0) is 10.0 Å². The zero-order chi connectivity index (χ0) is 19.0. The zero-order valence-corrected chi connectivity index (χ0v) is 16.4. The summed E-state index contributed by atoms with van der Waals surface area (Å²) in [7, 11) is -3.57. The predicted molar refractivity (Wildman–Crippen MR) is 104 cm³/mol. The number of amides is 1. The van der Waals surface area contributed by atoms with Gasteiger partial charge in [0.25, 0.3) is 5.91 Å². The van der Waals surface area contributed by atoms with Gasteiger partial charge in [0.1, 0.15) is 0 Å². The van der Waals surface area contributed by atoms with E-state index in [0.29, 0.717) is 29.9 Å². The lowest BCUT2D eigenvalue weighted by atomic mass is 9.67. The third-order valence-electron chi connectivity index (χ3n) is 6.34. The van der Waals surface area contributed by atoms with Crippen LogP contribution in [0.15, 0.2) is 29.2 Å². The van der Waals surface area contributed by atoms with Gasteiger partial charge in [0.15, 0.2) is 0 Å². The highest BCUT2D eigenvalue weighted by Crippen LogP contribution is 2.39. The molecule has 0 heterocycles. The molecule has 0 spiro atoms. The van der Waals surface area contributed by atoms with Crippen molar-refractivity contribution in [1.29, 1.82) is 0 Å². The topological polar surface area (TPSA) is 101 Å². The molecule has 3 aliphatic carbocycles. The van der Waals surface area contributed by atoms with Gasteiger partial charge in [-0.2, -0.15) is 0 Å². The van der Waals surface area contributed by atoms with Crippen LogP contribution in [0.2, 0.25) is 0 Å². The fourth-order valence-electron chi connectivity index (χ4n) is 4.70. The van der Waals surface area contributed by atoms with Crippen LogP contribution in [0.1, 0.15) is 55.3 Å². The van der Waals surface area contributed by atoms with Crippen LogP contribution in [0.3, 0.4) is 0 Å². The molecule has 4 N–H and O–H groups in total. The third kappa shape index (κ3) is 4.36. The van der Waals surface area contributed by atoms with Gasteiger partial charge < -0.3 is 11.1 Å². The molecule has 0 radical (unpaired) electrons. The summed E-state index contributed by atoms with van der Waals surface area (Å²) in [5.74, 6) is 1.14. The number of nitrogens with one attached hydrogen (secondary N) is 2. The number of hydrogen-bond donors (Lipinski definition) is 3. The molecule has 1 amide bonds. The maximum Gasteiger partial charge on any atom is 0.251 e. The molecule has 148 valence electrons. The van der Waals surface area contributed by atoms with Crippen molar-refractivity contribution in [3.8, 4) is 0 Å². The summed E-state index contributed by atoms with van der Waals surface area (Å²) in [5.41, 5.74) is 6.56. The Balaban J connectivity index is 1.46. The van der Waals surface area contributed by atoms with Crippen LogP contribution in [-0.4, -0.2) is 33.0 Å². The van der Waals surface area contributed by atoms with E-state index < -0.39 is 10.0 Å². The van der Waals surface area contributed by atoms with Gasteiger partial charge >= 0.3 is 0 Å². The summed E-state index contributed by atoms with van der Waals surface area (Å²) in [6.07, 6.45) is 7.50. The standard InChI is InChI=1S/C20H29N3O3S/c21-17-9-14-3-1-4-15(10-17)19(14)23-20(24)16-5-2-6-18(11-16)27(25,26)22-12-13-7-8-13/h2,5-6,11,13-15,17,19,22H,1,3-4,7-10,12,21H2,(H,23,24). The van der Waals surface area contributed by atoms with E-state index in [0.717, 1.165) is 38.5 Å². The average Bonchev–Trinajstić information content (AvgIpc) is 3.45. The summed E-state index contributed by atoms with van der Waals surface area (Å²) in [6, 6.07) is 6.73. The molecule has 3 aliphatic rings. The SMILES string of the molecule is NC1CC2CCCC(C1)C2NC(=O)c1cccc(S(=O)(=O)NCC2CC2)c1. The Morgan fingerprint density at radius 1 is 1.11 bits per heavy atom. The summed E-state index contributed by atoms with van der Waals surface area (Å²) >= 11 is 0. The van der Waals surface area contributed by atoms with E-state index in [2.05, 4.69) is 10.0 Å². The Morgan fingerprint density at radius 3 is 2.48 bits per heavy atom. The number of carbonyl (C=O) groups is 1. The molecule has 27 heavy (non-hydrogen) atoms. The Bertz CT molecular complexity index is 792. The number of hydrogen-bond acceptors (Lipinski definition) is 4. The van der Waals surface area contributed by atoms with Crippen molar-refractivity contribution in [2.24, 2.45) is 23.5 Å². The lowest BCUT2D eigenvalue weighted by molar-refractivity contribution is 0.0756. The van der Waals surface area contributed by atoms with Crippen LogP contribution in [0.5, 0.6) is 0 Å². The van der Waals surface area contributed by atoms with Gasteiger partial charge in [-0.05, 0) is 74.5 Å². The normalized spacial score (nSPS) is 30.7. The molecular formula is C20H29N3O3S. The Labute approximate surface area is 161 Å². The van der Waals surface area contributed by atoms with Crippen molar-refractivity contribution >= 4 is 15.9 Å². The number of carbonyl (C=O) groups excluding carboxylic acids is 1. The van der Waals surface area contributed by atoms with Crippen molar-refractivity contribution in [1.82, 2.24) is 10.0 Å². The summed E-state index contributed by atoms with van der Waals surface area (Å²) in [4.78, 5) is 13.0. The molecule has 1 aromatic carbocycles. The van der Waals surface area contributed by atoms with Crippen LogP contribution >= 0.6 is 0 Å². The smallest absolute Gasteiger partial charge is 0.251 e. The van der Waals surface area contributed by atoms with Crippen molar-refractivity contribution in [3.63, 3.8) is 0 Å². The zero-order valence-electron chi connectivity index (χ0n) is 15.6. The second-order valence-corrected chi connectivity index (χ2v) is 10.3. The fourth-order valence-corrected chi connectivity index (χ4v) is 5.86. The van der Waals surface area contributed by atoms with Crippen molar-refractivity contribution in [2.45, 2.75) is 61.9 Å². The van der Waals surface area contributed by atoms with Gasteiger partial charge in [-0.1, -0.05) is 12.5 Å². The quantitative estimate of drug-likeness (QED) is 0.690. The maximum atomic E-state index is 12.8. The van der Waals surface area contributed by atoms with E-state index in [-0.39, 0.29) is 22.9 Å². The van der Waals surface area contributed by atoms with Gasteiger partial charge in [-0.3, -0.25) is 4.79 Å². The Morgan fingerprint density at radius 2 is 1.81 bits per heavy atom. The Kier molecular flexibility index (Phi) is 5.27. The van der Waals surface area contributed by atoms with Gasteiger partial charge in [0.05, 0.1) is 4.90 Å². The molecule has 3 saturated carbocycles. The molecule has 2 unspecified atom stereocenters. The first kappa shape index (κ1) is 18.9. The molecular weight excluding hydrogens is 362 g/mol. The monoisotopic (exact) mass is 391 g/mol. The lowest BCUT2D eigenvalue weighted by Crippen LogP contribution is -2.53. The first-order chi connectivity index (χ1) is 12.9. The number of nitrogens with two attached hydrogens (primary N) is 1. The summed E-state index contributed by atoms with van der Waals surface area (Å²) in [5, 5.41) is 3.19. The van der Waals surface area contributed by atoms with Gasteiger partial charge in [-0.15, -0.1) is 0 Å². The van der Waals surface area contributed by atoms with Crippen molar-refractivity contribution < 1.29 is 13.2 Å². The number of sulfonamides is 1. The van der Waals surface area contributed by atoms with E-state index >= 15 is 0 Å². The molecule has 1 aromatic rings. The second-order valence-electron chi connectivity index (χ2n) is 8.50. The van der Waals surface area contributed by atoms with Crippen LogP contribution in [0.4, 0.5) is 0 Å². The first-order valence-electron chi connectivity index (χ1n) is 10.1. The first-order valence-corrected chi connectivity index (χ1v) is 11.6. The Hall–Kier alpha value is -1.44. The molecule has 4 rings (SSSR count). The summed E-state index contributed by atoms with van der Waals surface area (Å²) < 4.78 is 27.6. The fraction of sp³-hybridized carbons (Fsp3) is 0.650. The molecule has 2 atom stereocenters. The predicted octanol–water partition coefficient (Wildman–Crippen LogP) is 2.01. The molecule has 6 nitrogen and oxygen atoms in total. The minimum Gasteiger partial charge on any atom is -0.349 e. The molecule has 2 bridgehead atoms. The van der Waals surface area contributed by atoms with E-state index in [4.69, 9.17) is 5.73 Å². The average molecular weight is 392 g/mol. The van der Waals surface area contributed by atoms with E-state index in [1.807, 2.05) is 0 Å². The van der Waals surface area contributed by atoms with Crippen LogP contribution in [0.25, 0.3) is 0 Å². The molecule has 0 aliphatic heterocycles. The van der Waals surface area contributed by atoms with Crippen LogP contribution in [0, 0.1) is 17.8 Å². The van der Waals surface area contributed by atoms with Gasteiger partial charge in [0, 0.05) is 24.2 Å². The second kappa shape index (κ2) is 7.53. The van der Waals surface area contributed by atoms with Crippen molar-refractivity contribution in [3.05, 3.63) is 29.8 Å².